The summed E-state index contributed by atoms with van der Waals surface area (Å²) < 4.78 is 26.3. The minimum absolute atomic E-state index is 0.173. The van der Waals surface area contributed by atoms with E-state index in [9.17, 15) is 9.59 Å². The number of hydrogen-bond acceptors (Lipinski definition) is 7. The summed E-state index contributed by atoms with van der Waals surface area (Å²) in [5, 5.41) is 0. The van der Waals surface area contributed by atoms with Gasteiger partial charge in [0.1, 0.15) is 0 Å². The van der Waals surface area contributed by atoms with Gasteiger partial charge in [0, 0.05) is 32.5 Å². The van der Waals surface area contributed by atoms with E-state index in [0.29, 0.717) is 30.6 Å². The molecule has 0 atom stereocenters. The molecule has 0 saturated heterocycles. The molecule has 0 aliphatic carbocycles. The standard InChI is InChI=1S/C17H30O7Si/c1-7-8-11-24-17(19)15(13-25(20-4,21-5)22-6)10-9-12-23-16(18)14(2)3/h13H,2,7-12H2,1,3-6H3. The first-order valence-corrected chi connectivity index (χ1v) is 10.0. The molecule has 0 bridgehead atoms. The average molecular weight is 375 g/mol. The van der Waals surface area contributed by atoms with E-state index in [0.717, 1.165) is 12.8 Å². The van der Waals surface area contributed by atoms with Crippen LogP contribution >= 0.6 is 0 Å². The van der Waals surface area contributed by atoms with E-state index in [1.807, 2.05) is 6.92 Å². The van der Waals surface area contributed by atoms with Crippen LogP contribution in [0.25, 0.3) is 0 Å². The lowest BCUT2D eigenvalue weighted by Gasteiger charge is -2.22. The quantitative estimate of drug-likeness (QED) is 0.212. The predicted molar refractivity (Wildman–Crippen MR) is 95.7 cm³/mol. The van der Waals surface area contributed by atoms with Crippen molar-refractivity contribution in [2.45, 2.75) is 39.5 Å². The number of carbonyl (C=O) groups excluding carboxylic acids is 2. The van der Waals surface area contributed by atoms with Gasteiger partial charge in [-0.25, -0.2) is 9.59 Å². The Labute approximate surface area is 151 Å². The van der Waals surface area contributed by atoms with Gasteiger partial charge in [-0.05, 0) is 31.9 Å². The van der Waals surface area contributed by atoms with Crippen LogP contribution in [0.3, 0.4) is 0 Å². The molecule has 25 heavy (non-hydrogen) atoms. The largest absolute Gasteiger partial charge is 0.529 e. The van der Waals surface area contributed by atoms with Crippen molar-refractivity contribution in [2.24, 2.45) is 0 Å². The molecule has 0 rings (SSSR count). The number of hydrogen-bond donors (Lipinski definition) is 0. The Morgan fingerprint density at radius 2 is 1.48 bits per heavy atom. The second kappa shape index (κ2) is 12.8. The fraction of sp³-hybridized carbons (Fsp3) is 0.647. The Kier molecular flexibility index (Phi) is 12.1. The second-order valence-electron chi connectivity index (χ2n) is 5.39. The first-order valence-electron chi connectivity index (χ1n) is 8.22. The molecule has 0 amide bonds. The van der Waals surface area contributed by atoms with Crippen molar-refractivity contribution in [3.8, 4) is 0 Å². The van der Waals surface area contributed by atoms with Crippen molar-refractivity contribution < 1.29 is 32.3 Å². The van der Waals surface area contributed by atoms with Crippen LogP contribution in [0.15, 0.2) is 23.4 Å². The third-order valence-corrected chi connectivity index (χ3v) is 5.78. The highest BCUT2D eigenvalue weighted by Crippen LogP contribution is 2.16. The van der Waals surface area contributed by atoms with Gasteiger partial charge < -0.3 is 22.8 Å². The molecule has 0 aromatic heterocycles. The zero-order valence-electron chi connectivity index (χ0n) is 15.9. The Hall–Kier alpha value is -1.48. The minimum atomic E-state index is -3.08. The lowest BCUT2D eigenvalue weighted by Crippen LogP contribution is -2.42. The summed E-state index contributed by atoms with van der Waals surface area (Å²) in [5.74, 6) is -0.895. The zero-order chi connectivity index (χ0) is 19.3. The van der Waals surface area contributed by atoms with E-state index in [1.54, 1.807) is 12.6 Å². The van der Waals surface area contributed by atoms with Gasteiger partial charge in [0.25, 0.3) is 0 Å². The summed E-state index contributed by atoms with van der Waals surface area (Å²) in [6.45, 7) is 7.63. The summed E-state index contributed by atoms with van der Waals surface area (Å²) in [7, 11) is 1.31. The molecule has 0 saturated carbocycles. The lowest BCUT2D eigenvalue weighted by molar-refractivity contribution is -0.139. The molecule has 0 spiro atoms. The van der Waals surface area contributed by atoms with E-state index < -0.39 is 20.7 Å². The van der Waals surface area contributed by atoms with Crippen LogP contribution in [0.2, 0.25) is 0 Å². The molecule has 0 fully saturated rings. The Bertz CT molecular complexity index is 461. The SMILES string of the molecule is C=C(C)C(=O)OCCCC(=C[Si](OC)(OC)OC)C(=O)OCCCC. The van der Waals surface area contributed by atoms with Crippen molar-refractivity contribution in [1.82, 2.24) is 0 Å². The Morgan fingerprint density at radius 1 is 0.960 bits per heavy atom. The van der Waals surface area contributed by atoms with Crippen molar-refractivity contribution in [1.29, 1.82) is 0 Å². The molecule has 0 unspecified atom stereocenters. The molecule has 0 aliphatic heterocycles. The van der Waals surface area contributed by atoms with Crippen molar-refractivity contribution in [2.75, 3.05) is 34.5 Å². The second-order valence-corrected chi connectivity index (χ2v) is 8.12. The van der Waals surface area contributed by atoms with Crippen molar-refractivity contribution >= 4 is 20.7 Å². The Balaban J connectivity index is 4.97. The molecular weight excluding hydrogens is 344 g/mol. The first kappa shape index (κ1) is 23.5. The van der Waals surface area contributed by atoms with Gasteiger partial charge in [0.15, 0.2) is 0 Å². The van der Waals surface area contributed by atoms with Crippen molar-refractivity contribution in [3.05, 3.63) is 23.4 Å². The van der Waals surface area contributed by atoms with Gasteiger partial charge in [-0.15, -0.1) is 0 Å². The zero-order valence-corrected chi connectivity index (χ0v) is 16.9. The maximum Gasteiger partial charge on any atom is 0.529 e. The predicted octanol–water partition coefficient (Wildman–Crippen LogP) is 2.57. The fourth-order valence-electron chi connectivity index (χ4n) is 1.83. The molecule has 144 valence electrons. The summed E-state index contributed by atoms with van der Waals surface area (Å²) in [5.41, 5.74) is 2.29. The fourth-order valence-corrected chi connectivity index (χ4v) is 3.37. The number of ether oxygens (including phenoxy) is 2. The monoisotopic (exact) mass is 374 g/mol. The van der Waals surface area contributed by atoms with E-state index in [4.69, 9.17) is 22.8 Å². The minimum Gasteiger partial charge on any atom is -0.462 e. The average Bonchev–Trinajstić information content (AvgIpc) is 2.61. The third-order valence-electron chi connectivity index (χ3n) is 3.37. The molecule has 0 heterocycles. The normalized spacial score (nSPS) is 12.0. The molecule has 8 heteroatoms. The van der Waals surface area contributed by atoms with Gasteiger partial charge in [-0.3, -0.25) is 0 Å². The molecule has 0 aliphatic rings. The summed E-state index contributed by atoms with van der Waals surface area (Å²) in [6.07, 6.45) is 2.52. The summed E-state index contributed by atoms with van der Waals surface area (Å²) in [6, 6.07) is 0. The van der Waals surface area contributed by atoms with E-state index in [1.165, 1.54) is 21.3 Å². The van der Waals surface area contributed by atoms with Crippen LogP contribution in [-0.2, 0) is 32.3 Å². The molecular formula is C17H30O7Si. The summed E-state index contributed by atoms with van der Waals surface area (Å²) >= 11 is 0. The number of rotatable bonds is 13. The topological polar surface area (TPSA) is 80.3 Å². The molecule has 0 aromatic carbocycles. The highest BCUT2D eigenvalue weighted by molar-refractivity contribution is 6.66. The van der Waals surface area contributed by atoms with Crippen LogP contribution < -0.4 is 0 Å². The number of carbonyl (C=O) groups is 2. The summed E-state index contributed by atoms with van der Waals surface area (Å²) in [4.78, 5) is 23.7. The third kappa shape index (κ3) is 8.96. The van der Waals surface area contributed by atoms with Crippen LogP contribution in [-0.4, -0.2) is 55.3 Å². The first-order chi connectivity index (χ1) is 11.9. The smallest absolute Gasteiger partial charge is 0.462 e. The molecule has 0 aromatic rings. The Morgan fingerprint density at radius 3 is 1.96 bits per heavy atom. The van der Waals surface area contributed by atoms with Crippen LogP contribution in [0.4, 0.5) is 0 Å². The van der Waals surface area contributed by atoms with Gasteiger partial charge in [0.2, 0.25) is 0 Å². The highest BCUT2D eigenvalue weighted by atomic mass is 28.4. The van der Waals surface area contributed by atoms with Crippen LogP contribution in [0.1, 0.15) is 39.5 Å². The van der Waals surface area contributed by atoms with Gasteiger partial charge in [-0.1, -0.05) is 19.9 Å². The molecule has 7 nitrogen and oxygen atoms in total. The highest BCUT2D eigenvalue weighted by Gasteiger charge is 2.37. The molecule has 0 N–H and O–H groups in total. The number of unbranched alkanes of at least 4 members (excludes halogenated alkanes) is 1. The van der Waals surface area contributed by atoms with E-state index in [2.05, 4.69) is 6.58 Å². The van der Waals surface area contributed by atoms with E-state index >= 15 is 0 Å². The number of esters is 2. The van der Waals surface area contributed by atoms with E-state index in [-0.39, 0.29) is 6.61 Å². The van der Waals surface area contributed by atoms with Gasteiger partial charge in [0.05, 0.1) is 13.2 Å². The van der Waals surface area contributed by atoms with Crippen LogP contribution in [0, 0.1) is 0 Å². The lowest BCUT2D eigenvalue weighted by atomic mass is 10.2. The van der Waals surface area contributed by atoms with Crippen LogP contribution in [0.5, 0.6) is 0 Å². The van der Waals surface area contributed by atoms with Crippen molar-refractivity contribution in [3.63, 3.8) is 0 Å². The maximum absolute atomic E-state index is 12.3. The maximum atomic E-state index is 12.3. The van der Waals surface area contributed by atoms with Gasteiger partial charge >= 0.3 is 20.7 Å². The van der Waals surface area contributed by atoms with Gasteiger partial charge in [-0.2, -0.15) is 0 Å². The molecule has 0 radical (unpaired) electrons.